The molecule has 0 amide bonds. The molecule has 5 heteroatoms. The van der Waals surface area contributed by atoms with Gasteiger partial charge in [-0.3, -0.25) is 4.90 Å². The van der Waals surface area contributed by atoms with Crippen LogP contribution in [0.2, 0.25) is 0 Å². The summed E-state index contributed by atoms with van der Waals surface area (Å²) in [5.41, 5.74) is 0.867. The highest BCUT2D eigenvalue weighted by Crippen LogP contribution is 2.22. The van der Waals surface area contributed by atoms with Gasteiger partial charge < -0.3 is 15.0 Å². The second kappa shape index (κ2) is 6.02. The van der Waals surface area contributed by atoms with Crippen molar-refractivity contribution in [1.29, 1.82) is 0 Å². The lowest BCUT2D eigenvalue weighted by atomic mass is 10.2. The predicted octanol–water partition coefficient (Wildman–Crippen LogP) is 1.13. The van der Waals surface area contributed by atoms with E-state index in [0.717, 1.165) is 38.5 Å². The maximum Gasteiger partial charge on any atom is 0.167 e. The summed E-state index contributed by atoms with van der Waals surface area (Å²) in [4.78, 5) is 4.40. The molecule has 1 aromatic carbocycles. The first kappa shape index (κ1) is 13.1. The van der Waals surface area contributed by atoms with Crippen LogP contribution in [0.25, 0.3) is 0 Å². The van der Waals surface area contributed by atoms with Gasteiger partial charge in [-0.1, -0.05) is 0 Å². The Morgan fingerprint density at radius 2 is 2.11 bits per heavy atom. The molecule has 0 bridgehead atoms. The quantitative estimate of drug-likeness (QED) is 0.870. The second-order valence-corrected chi connectivity index (χ2v) is 4.53. The van der Waals surface area contributed by atoms with Gasteiger partial charge in [-0.25, -0.2) is 4.39 Å². The minimum Gasteiger partial charge on any atom is -0.494 e. The van der Waals surface area contributed by atoms with Crippen LogP contribution in [0.4, 0.5) is 10.1 Å². The fourth-order valence-corrected chi connectivity index (χ4v) is 2.13. The summed E-state index contributed by atoms with van der Waals surface area (Å²) >= 11 is 0. The van der Waals surface area contributed by atoms with Crippen molar-refractivity contribution in [3.8, 4) is 5.75 Å². The molecular formula is C13H20FN3O. The average molecular weight is 253 g/mol. The normalized spacial score (nSPS) is 16.6. The fourth-order valence-electron chi connectivity index (χ4n) is 2.13. The molecule has 100 valence electrons. The monoisotopic (exact) mass is 253 g/mol. The molecule has 1 aliphatic heterocycles. The number of benzene rings is 1. The molecule has 0 spiro atoms. The molecule has 0 atom stereocenters. The largest absolute Gasteiger partial charge is 0.494 e. The van der Waals surface area contributed by atoms with Gasteiger partial charge in [0.05, 0.1) is 13.8 Å². The standard InChI is InChI=1S/C13H20FN3O/c1-16(10-17-7-5-15-6-8-17)11-3-4-13(18-2)12(14)9-11/h3-4,9,15H,5-8,10H2,1-2H3. The number of hydrogen-bond donors (Lipinski definition) is 1. The van der Waals surface area contributed by atoms with Gasteiger partial charge in [-0.15, -0.1) is 0 Å². The third kappa shape index (κ3) is 3.11. The smallest absolute Gasteiger partial charge is 0.167 e. The van der Waals surface area contributed by atoms with Crippen molar-refractivity contribution < 1.29 is 9.13 Å². The van der Waals surface area contributed by atoms with Gasteiger partial charge in [0.25, 0.3) is 0 Å². The van der Waals surface area contributed by atoms with Crippen LogP contribution in [0.1, 0.15) is 0 Å². The average Bonchev–Trinajstić information content (AvgIpc) is 2.39. The zero-order valence-electron chi connectivity index (χ0n) is 10.9. The molecule has 1 aromatic rings. The van der Waals surface area contributed by atoms with Crippen molar-refractivity contribution in [1.82, 2.24) is 10.2 Å². The highest BCUT2D eigenvalue weighted by atomic mass is 19.1. The van der Waals surface area contributed by atoms with E-state index < -0.39 is 0 Å². The van der Waals surface area contributed by atoms with Gasteiger partial charge in [0.2, 0.25) is 0 Å². The van der Waals surface area contributed by atoms with Crippen LogP contribution in [0.5, 0.6) is 5.75 Å². The Hall–Kier alpha value is -1.33. The number of ether oxygens (including phenoxy) is 1. The number of piperazine rings is 1. The minimum absolute atomic E-state index is 0.286. The van der Waals surface area contributed by atoms with E-state index in [4.69, 9.17) is 4.74 Å². The Kier molecular flexibility index (Phi) is 4.38. The SMILES string of the molecule is COc1ccc(N(C)CN2CCNCC2)cc1F. The Bertz CT molecular complexity index is 394. The Balaban J connectivity index is 1.99. The zero-order valence-corrected chi connectivity index (χ0v) is 10.9. The van der Waals surface area contributed by atoms with E-state index in [2.05, 4.69) is 10.2 Å². The summed E-state index contributed by atoms with van der Waals surface area (Å²) in [5, 5.41) is 3.32. The van der Waals surface area contributed by atoms with Crippen molar-refractivity contribution >= 4 is 5.69 Å². The first-order valence-electron chi connectivity index (χ1n) is 6.18. The molecule has 0 aliphatic carbocycles. The van der Waals surface area contributed by atoms with Gasteiger partial charge in [-0.05, 0) is 12.1 Å². The van der Waals surface area contributed by atoms with E-state index in [9.17, 15) is 4.39 Å². The van der Waals surface area contributed by atoms with Gasteiger partial charge in [-0.2, -0.15) is 0 Å². The summed E-state index contributed by atoms with van der Waals surface area (Å²) in [6.07, 6.45) is 0. The molecule has 4 nitrogen and oxygen atoms in total. The maximum atomic E-state index is 13.6. The number of nitrogens with one attached hydrogen (secondary N) is 1. The van der Waals surface area contributed by atoms with Gasteiger partial charge in [0.15, 0.2) is 11.6 Å². The molecule has 1 fully saturated rings. The summed E-state index contributed by atoms with van der Waals surface area (Å²) in [6.45, 7) is 4.91. The van der Waals surface area contributed by atoms with Crippen molar-refractivity contribution in [2.75, 3.05) is 51.9 Å². The van der Waals surface area contributed by atoms with E-state index in [0.29, 0.717) is 0 Å². The predicted molar refractivity (Wildman–Crippen MR) is 70.7 cm³/mol. The third-order valence-corrected chi connectivity index (χ3v) is 3.20. The number of anilines is 1. The molecule has 1 saturated heterocycles. The number of methoxy groups -OCH3 is 1. The van der Waals surface area contributed by atoms with Crippen LogP contribution in [-0.4, -0.2) is 51.9 Å². The molecule has 1 aliphatic rings. The maximum absolute atomic E-state index is 13.6. The molecule has 0 saturated carbocycles. The van der Waals surface area contributed by atoms with Crippen molar-refractivity contribution in [2.24, 2.45) is 0 Å². The lowest BCUT2D eigenvalue weighted by molar-refractivity contribution is 0.243. The lowest BCUT2D eigenvalue weighted by Gasteiger charge is -2.32. The van der Waals surface area contributed by atoms with Crippen LogP contribution in [0.15, 0.2) is 18.2 Å². The highest BCUT2D eigenvalue weighted by Gasteiger charge is 2.13. The topological polar surface area (TPSA) is 27.7 Å². The zero-order chi connectivity index (χ0) is 13.0. The first-order chi connectivity index (χ1) is 8.70. The summed E-state index contributed by atoms with van der Waals surface area (Å²) < 4.78 is 18.5. The fraction of sp³-hybridized carbons (Fsp3) is 0.538. The number of hydrogen-bond acceptors (Lipinski definition) is 4. The minimum atomic E-state index is -0.317. The Morgan fingerprint density at radius 3 is 2.72 bits per heavy atom. The molecule has 0 radical (unpaired) electrons. The lowest BCUT2D eigenvalue weighted by Crippen LogP contribution is -2.47. The van der Waals surface area contributed by atoms with Gasteiger partial charge in [0, 0.05) is 45.0 Å². The van der Waals surface area contributed by atoms with Crippen LogP contribution < -0.4 is 15.0 Å². The van der Waals surface area contributed by atoms with Crippen LogP contribution in [0.3, 0.4) is 0 Å². The Morgan fingerprint density at radius 1 is 1.39 bits per heavy atom. The molecule has 0 unspecified atom stereocenters. The number of rotatable bonds is 4. The number of nitrogens with zero attached hydrogens (tertiary/aromatic N) is 2. The van der Waals surface area contributed by atoms with Crippen LogP contribution >= 0.6 is 0 Å². The van der Waals surface area contributed by atoms with E-state index in [1.165, 1.54) is 13.2 Å². The first-order valence-corrected chi connectivity index (χ1v) is 6.18. The number of halogens is 1. The molecule has 1 heterocycles. The van der Waals surface area contributed by atoms with Crippen molar-refractivity contribution in [2.45, 2.75) is 0 Å². The summed E-state index contributed by atoms with van der Waals surface area (Å²) in [5.74, 6) is -0.0310. The van der Waals surface area contributed by atoms with E-state index in [1.807, 2.05) is 18.0 Å². The van der Waals surface area contributed by atoms with E-state index >= 15 is 0 Å². The van der Waals surface area contributed by atoms with E-state index in [-0.39, 0.29) is 11.6 Å². The van der Waals surface area contributed by atoms with E-state index in [1.54, 1.807) is 6.07 Å². The van der Waals surface area contributed by atoms with Crippen molar-refractivity contribution in [3.63, 3.8) is 0 Å². The Labute approximate surface area is 107 Å². The molecule has 18 heavy (non-hydrogen) atoms. The highest BCUT2D eigenvalue weighted by molar-refractivity contribution is 5.49. The van der Waals surface area contributed by atoms with Crippen molar-refractivity contribution in [3.05, 3.63) is 24.0 Å². The van der Waals surface area contributed by atoms with Crippen LogP contribution in [-0.2, 0) is 0 Å². The molecule has 2 rings (SSSR count). The third-order valence-electron chi connectivity index (χ3n) is 3.20. The molecule has 1 N–H and O–H groups in total. The van der Waals surface area contributed by atoms with Crippen LogP contribution in [0, 0.1) is 5.82 Å². The molecular weight excluding hydrogens is 233 g/mol. The van der Waals surface area contributed by atoms with Gasteiger partial charge >= 0.3 is 0 Å². The summed E-state index contributed by atoms with van der Waals surface area (Å²) in [6, 6.07) is 5.06. The second-order valence-electron chi connectivity index (χ2n) is 4.53. The summed E-state index contributed by atoms with van der Waals surface area (Å²) in [7, 11) is 3.45. The van der Waals surface area contributed by atoms with Gasteiger partial charge in [0.1, 0.15) is 0 Å². The molecule has 0 aromatic heterocycles.